The van der Waals surface area contributed by atoms with Crippen LogP contribution in [0, 0.1) is 6.92 Å². The van der Waals surface area contributed by atoms with Gasteiger partial charge in [-0.1, -0.05) is 0 Å². The quantitative estimate of drug-likeness (QED) is 0.735. The number of hydrogen-bond acceptors (Lipinski definition) is 4. The summed E-state index contributed by atoms with van der Waals surface area (Å²) < 4.78 is 10.5. The zero-order chi connectivity index (χ0) is 16.9. The van der Waals surface area contributed by atoms with Crippen LogP contribution in [0.4, 0.5) is 4.79 Å². The zero-order valence-corrected chi connectivity index (χ0v) is 13.5. The minimum atomic E-state index is -0.738. The molecule has 4 N–H and O–H groups in total. The van der Waals surface area contributed by atoms with Gasteiger partial charge in [-0.05, 0) is 44.0 Å². The normalized spacial score (nSPS) is 13.0. The van der Waals surface area contributed by atoms with Gasteiger partial charge in [-0.2, -0.15) is 0 Å². The van der Waals surface area contributed by atoms with Crippen molar-refractivity contribution in [3.63, 3.8) is 0 Å². The van der Waals surface area contributed by atoms with Gasteiger partial charge in [-0.15, -0.1) is 0 Å². The Morgan fingerprint density at radius 2 is 1.64 bits per heavy atom. The Balaban J connectivity index is 2.91. The van der Waals surface area contributed by atoms with Crippen molar-refractivity contribution >= 4 is 11.9 Å². The van der Waals surface area contributed by atoms with Crippen LogP contribution in [0.3, 0.4) is 0 Å². The number of primary amides is 1. The first-order valence-electron chi connectivity index (χ1n) is 6.89. The van der Waals surface area contributed by atoms with Crippen LogP contribution < -0.4 is 25.8 Å². The maximum Gasteiger partial charge on any atom is 0.312 e. The number of benzene rings is 1. The first kappa shape index (κ1) is 17.6. The van der Waals surface area contributed by atoms with Gasteiger partial charge in [0, 0.05) is 0 Å². The third-order valence-corrected chi connectivity index (χ3v) is 3.35. The van der Waals surface area contributed by atoms with Gasteiger partial charge >= 0.3 is 6.03 Å². The Hall–Kier alpha value is -2.44. The average Bonchev–Trinajstić information content (AvgIpc) is 2.45. The van der Waals surface area contributed by atoms with Crippen molar-refractivity contribution in [3.8, 4) is 11.5 Å². The lowest BCUT2D eigenvalue weighted by Gasteiger charge is -2.21. The highest BCUT2D eigenvalue weighted by Gasteiger charge is 2.19. The molecule has 22 heavy (non-hydrogen) atoms. The molecule has 0 spiro atoms. The van der Waals surface area contributed by atoms with E-state index in [1.54, 1.807) is 21.1 Å². The summed E-state index contributed by atoms with van der Waals surface area (Å²) >= 11 is 0. The van der Waals surface area contributed by atoms with Crippen molar-refractivity contribution in [1.82, 2.24) is 10.6 Å². The predicted octanol–water partition coefficient (Wildman–Crippen LogP) is 1.25. The van der Waals surface area contributed by atoms with Gasteiger partial charge in [-0.25, -0.2) is 4.79 Å². The highest BCUT2D eigenvalue weighted by atomic mass is 16.5. The topological polar surface area (TPSA) is 103 Å². The van der Waals surface area contributed by atoms with E-state index in [9.17, 15) is 9.59 Å². The van der Waals surface area contributed by atoms with E-state index in [1.807, 2.05) is 26.0 Å². The summed E-state index contributed by atoms with van der Waals surface area (Å²) in [5, 5.41) is 5.16. The van der Waals surface area contributed by atoms with E-state index >= 15 is 0 Å². The van der Waals surface area contributed by atoms with Gasteiger partial charge in [0.15, 0.2) is 11.5 Å². The van der Waals surface area contributed by atoms with Crippen LogP contribution in [-0.4, -0.2) is 32.2 Å². The number of nitrogens with two attached hydrogens (primary N) is 1. The SMILES string of the molecule is COc1cc(C)c(C(C)NC(=O)C(C)NC(N)=O)cc1OC. The van der Waals surface area contributed by atoms with E-state index in [1.165, 1.54) is 0 Å². The first-order chi connectivity index (χ1) is 10.3. The number of nitrogens with one attached hydrogen (secondary N) is 2. The second kappa shape index (κ2) is 7.53. The molecule has 0 heterocycles. The molecule has 122 valence electrons. The second-order valence-electron chi connectivity index (χ2n) is 5.02. The largest absolute Gasteiger partial charge is 0.493 e. The molecule has 0 saturated heterocycles. The molecule has 0 bridgehead atoms. The van der Waals surface area contributed by atoms with Crippen molar-refractivity contribution in [2.45, 2.75) is 32.9 Å². The van der Waals surface area contributed by atoms with Crippen LogP contribution in [0.25, 0.3) is 0 Å². The van der Waals surface area contributed by atoms with Crippen molar-refractivity contribution in [2.24, 2.45) is 5.73 Å². The standard InChI is InChI=1S/C15H23N3O4/c1-8-6-12(21-4)13(22-5)7-11(8)9(2)17-14(19)10(3)18-15(16)20/h6-7,9-10H,1-5H3,(H,17,19)(H3,16,18,20). The van der Waals surface area contributed by atoms with Crippen molar-refractivity contribution < 1.29 is 19.1 Å². The molecule has 0 aliphatic carbocycles. The molecule has 1 aromatic carbocycles. The smallest absolute Gasteiger partial charge is 0.312 e. The van der Waals surface area contributed by atoms with Gasteiger partial charge in [0.25, 0.3) is 0 Å². The van der Waals surface area contributed by atoms with Crippen LogP contribution in [0.15, 0.2) is 12.1 Å². The number of aryl methyl sites for hydroxylation is 1. The molecule has 1 aromatic rings. The fourth-order valence-corrected chi connectivity index (χ4v) is 2.16. The van der Waals surface area contributed by atoms with Crippen molar-refractivity contribution in [1.29, 1.82) is 0 Å². The Morgan fingerprint density at radius 3 is 2.14 bits per heavy atom. The lowest BCUT2D eigenvalue weighted by Crippen LogP contribution is -2.47. The highest BCUT2D eigenvalue weighted by Crippen LogP contribution is 2.32. The number of rotatable bonds is 6. The van der Waals surface area contributed by atoms with Crippen LogP contribution >= 0.6 is 0 Å². The van der Waals surface area contributed by atoms with Crippen LogP contribution in [0.5, 0.6) is 11.5 Å². The Bertz CT molecular complexity index is 560. The molecule has 2 atom stereocenters. The van der Waals surface area contributed by atoms with Gasteiger partial charge in [0.1, 0.15) is 6.04 Å². The molecule has 0 aromatic heterocycles. The van der Waals surface area contributed by atoms with E-state index in [0.29, 0.717) is 11.5 Å². The fraction of sp³-hybridized carbons (Fsp3) is 0.467. The molecule has 0 radical (unpaired) electrons. The molecule has 0 fully saturated rings. The summed E-state index contributed by atoms with van der Waals surface area (Å²) in [6, 6.07) is 1.97. The summed E-state index contributed by atoms with van der Waals surface area (Å²) in [7, 11) is 3.12. The Labute approximate surface area is 130 Å². The fourth-order valence-electron chi connectivity index (χ4n) is 2.16. The zero-order valence-electron chi connectivity index (χ0n) is 13.5. The molecular formula is C15H23N3O4. The molecule has 3 amide bonds. The Morgan fingerprint density at radius 1 is 1.09 bits per heavy atom. The third-order valence-electron chi connectivity index (χ3n) is 3.35. The molecular weight excluding hydrogens is 286 g/mol. The number of carbonyl (C=O) groups is 2. The molecule has 0 aliphatic heterocycles. The summed E-state index contributed by atoms with van der Waals surface area (Å²) in [5.74, 6) is 0.902. The molecule has 7 nitrogen and oxygen atoms in total. The predicted molar refractivity (Wildman–Crippen MR) is 83.0 cm³/mol. The van der Waals surface area contributed by atoms with E-state index in [0.717, 1.165) is 11.1 Å². The number of methoxy groups -OCH3 is 2. The van der Waals surface area contributed by atoms with Crippen LogP contribution in [-0.2, 0) is 4.79 Å². The number of amides is 3. The van der Waals surface area contributed by atoms with Gasteiger partial charge in [0.2, 0.25) is 5.91 Å². The maximum atomic E-state index is 12.0. The maximum absolute atomic E-state index is 12.0. The summed E-state index contributed by atoms with van der Waals surface area (Å²) in [6.07, 6.45) is 0. The summed E-state index contributed by atoms with van der Waals surface area (Å²) in [6.45, 7) is 5.34. The number of urea groups is 1. The highest BCUT2D eigenvalue weighted by molar-refractivity contribution is 5.86. The number of hydrogen-bond donors (Lipinski definition) is 3. The van der Waals surface area contributed by atoms with E-state index < -0.39 is 12.1 Å². The van der Waals surface area contributed by atoms with Gasteiger partial charge < -0.3 is 25.8 Å². The molecule has 0 aliphatic rings. The third kappa shape index (κ3) is 4.28. The lowest BCUT2D eigenvalue weighted by atomic mass is 10.0. The van der Waals surface area contributed by atoms with Gasteiger partial charge in [-0.3, -0.25) is 4.79 Å². The summed E-state index contributed by atoms with van der Waals surface area (Å²) in [4.78, 5) is 22.8. The van der Waals surface area contributed by atoms with Crippen molar-refractivity contribution in [3.05, 3.63) is 23.3 Å². The average molecular weight is 309 g/mol. The van der Waals surface area contributed by atoms with Gasteiger partial charge in [0.05, 0.1) is 20.3 Å². The van der Waals surface area contributed by atoms with E-state index in [2.05, 4.69) is 10.6 Å². The van der Waals surface area contributed by atoms with Crippen molar-refractivity contribution in [2.75, 3.05) is 14.2 Å². The van der Waals surface area contributed by atoms with Crippen LogP contribution in [0.1, 0.15) is 31.0 Å². The first-order valence-corrected chi connectivity index (χ1v) is 6.89. The molecule has 0 saturated carbocycles. The lowest BCUT2D eigenvalue weighted by molar-refractivity contribution is -0.123. The molecule has 1 rings (SSSR count). The Kier molecular flexibility index (Phi) is 6.03. The molecule has 2 unspecified atom stereocenters. The van der Waals surface area contributed by atoms with Crippen LogP contribution in [0.2, 0.25) is 0 Å². The minimum Gasteiger partial charge on any atom is -0.493 e. The number of ether oxygens (including phenoxy) is 2. The number of carbonyl (C=O) groups excluding carboxylic acids is 2. The van der Waals surface area contributed by atoms with E-state index in [-0.39, 0.29) is 11.9 Å². The second-order valence-corrected chi connectivity index (χ2v) is 5.02. The minimum absolute atomic E-state index is 0.260. The molecule has 7 heteroatoms. The summed E-state index contributed by atoms with van der Waals surface area (Å²) in [5.41, 5.74) is 6.87. The monoisotopic (exact) mass is 309 g/mol. The van der Waals surface area contributed by atoms with E-state index in [4.69, 9.17) is 15.2 Å².